The van der Waals surface area contributed by atoms with Gasteiger partial charge in [0, 0.05) is 0 Å². The molecule has 0 aromatic carbocycles. The van der Waals surface area contributed by atoms with Crippen LogP contribution in [0.4, 0.5) is 0 Å². The van der Waals surface area contributed by atoms with Gasteiger partial charge >= 0.3 is 46.3 Å². The van der Waals surface area contributed by atoms with Crippen molar-refractivity contribution in [1.29, 1.82) is 0 Å². The Morgan fingerprint density at radius 1 is 2.00 bits per heavy atom. The molecule has 0 aromatic heterocycles. The van der Waals surface area contributed by atoms with Gasteiger partial charge in [0.05, 0.1) is 0 Å². The summed E-state index contributed by atoms with van der Waals surface area (Å²) in [6.45, 7) is 0. The van der Waals surface area contributed by atoms with Gasteiger partial charge in [-0.2, -0.15) is 0 Å². The average molecular weight is 145 g/mol. The summed E-state index contributed by atoms with van der Waals surface area (Å²) in [5.41, 5.74) is 3.34. The summed E-state index contributed by atoms with van der Waals surface area (Å²) in [5, 5.41) is 9.44. The van der Waals surface area contributed by atoms with Crippen LogP contribution >= 0.6 is 0 Å². The number of rotatable bonds is 2. The molecule has 0 bridgehead atoms. The Morgan fingerprint density at radius 2 is 2.57 bits per heavy atom. The van der Waals surface area contributed by atoms with E-state index in [1.807, 2.05) is 0 Å². The van der Waals surface area contributed by atoms with Gasteiger partial charge in [0.25, 0.3) is 0 Å². The molecule has 0 aromatic rings. The Balaban J connectivity index is 3.35. The molecule has 0 aliphatic carbocycles. The van der Waals surface area contributed by atoms with Gasteiger partial charge < -0.3 is 0 Å². The van der Waals surface area contributed by atoms with Gasteiger partial charge in [-0.3, -0.25) is 0 Å². The van der Waals surface area contributed by atoms with E-state index in [0.717, 1.165) is 0 Å². The molecule has 43 valence electrons. The fourth-order valence-corrected chi connectivity index (χ4v) is 0.343. The number of nitrogens with one attached hydrogen (secondary N) is 1. The van der Waals surface area contributed by atoms with Crippen LogP contribution in [-0.2, 0) is 19.2 Å². The van der Waals surface area contributed by atoms with Crippen LogP contribution in [0.2, 0.25) is 0 Å². The topological polar surface area (TPSA) is 49.1 Å². The molecule has 0 aliphatic heterocycles. The zero-order valence-corrected chi connectivity index (χ0v) is 5.03. The minimum absolute atomic E-state index is 0.0207. The molecule has 4 nitrogen and oxygen atoms in total. The van der Waals surface area contributed by atoms with Crippen molar-refractivity contribution in [1.82, 2.24) is 0 Å². The van der Waals surface area contributed by atoms with Crippen molar-refractivity contribution in [2.75, 3.05) is 7.11 Å². The molecule has 0 spiro atoms. The van der Waals surface area contributed by atoms with E-state index in [9.17, 15) is 5.21 Å². The van der Waals surface area contributed by atoms with Crippen LogP contribution in [0.1, 0.15) is 0 Å². The summed E-state index contributed by atoms with van der Waals surface area (Å²) < 4.78 is 3.30. The van der Waals surface area contributed by atoms with Gasteiger partial charge in [0.1, 0.15) is 0 Å². The first-order valence-corrected chi connectivity index (χ1v) is 2.84. The number of hydrogen-bond donors (Lipinski definition) is 1. The van der Waals surface area contributed by atoms with Gasteiger partial charge in [-0.1, -0.05) is 0 Å². The fraction of sp³-hybridized carbons (Fsp3) is 0.500. The van der Waals surface area contributed by atoms with E-state index in [-0.39, 0.29) is 14.3 Å². The van der Waals surface area contributed by atoms with Crippen LogP contribution in [0.5, 0.6) is 0 Å². The van der Waals surface area contributed by atoms with E-state index >= 15 is 0 Å². The molecule has 0 saturated heterocycles. The van der Waals surface area contributed by atoms with Gasteiger partial charge in [-0.05, 0) is 0 Å². The normalized spacial score (nSPS) is 12.9. The van der Waals surface area contributed by atoms with E-state index in [1.165, 1.54) is 7.11 Å². The Hall–Kier alpha value is 0.0695. The molecule has 1 atom stereocenters. The quantitative estimate of drug-likeness (QED) is 0.381. The molecular formula is C2H6MnN2O2. The van der Waals surface area contributed by atoms with Crippen molar-refractivity contribution < 1.29 is 24.5 Å². The summed E-state index contributed by atoms with van der Waals surface area (Å²) in [6, 6.07) is 0. The fourth-order valence-electron chi connectivity index (χ4n) is 0.0833. The number of hydrogen-bond acceptors (Lipinski definition) is 3. The van der Waals surface area contributed by atoms with Crippen LogP contribution in [0.25, 0.3) is 0 Å². The summed E-state index contributed by atoms with van der Waals surface area (Å²) in [6.07, 6.45) is 0. The van der Waals surface area contributed by atoms with Crippen molar-refractivity contribution in [3.05, 3.63) is 5.21 Å². The molecule has 5 heteroatoms. The van der Waals surface area contributed by atoms with E-state index in [0.29, 0.717) is 0 Å². The monoisotopic (exact) mass is 145 g/mol. The molecule has 7 heavy (non-hydrogen) atoms. The molecule has 1 unspecified atom stereocenters. The van der Waals surface area contributed by atoms with Crippen LogP contribution in [0.15, 0.2) is 4.07 Å². The molecule has 0 rings (SSSR count). The van der Waals surface area contributed by atoms with Crippen molar-refractivity contribution in [3.63, 3.8) is 0 Å². The van der Waals surface area contributed by atoms with Crippen LogP contribution < -0.4 is 5.34 Å². The molecular weight excluding hydrogens is 139 g/mol. The van der Waals surface area contributed by atoms with E-state index < -0.39 is 5.34 Å². The molecule has 0 saturated carbocycles. The Morgan fingerprint density at radius 3 is 2.71 bits per heavy atom. The van der Waals surface area contributed by atoms with Gasteiger partial charge in [-0.25, -0.2) is 0 Å². The molecule has 1 N–H and O–H groups in total. The second-order valence-electron chi connectivity index (χ2n) is 0.674. The van der Waals surface area contributed by atoms with Crippen molar-refractivity contribution in [2.45, 2.75) is 0 Å². The number of quaternary nitrogens is 1. The van der Waals surface area contributed by atoms with Gasteiger partial charge in [0.15, 0.2) is 0 Å². The van der Waals surface area contributed by atoms with Crippen LogP contribution in [-0.4, -0.2) is 12.5 Å². The second kappa shape index (κ2) is 4.23. The SMILES string of the molecule is [CH2]=[Mn]=[N][NH+]([O-])OC. The predicted molar refractivity (Wildman–Crippen MR) is 20.9 cm³/mol. The summed E-state index contributed by atoms with van der Waals surface area (Å²) >= 11 is 0.0207. The van der Waals surface area contributed by atoms with E-state index in [2.05, 4.69) is 14.3 Å². The molecule has 0 heterocycles. The second-order valence-corrected chi connectivity index (χ2v) is 1.31. The van der Waals surface area contributed by atoms with Gasteiger partial charge in [0.2, 0.25) is 0 Å². The minimum atomic E-state index is -0.546. The third-order valence-electron chi connectivity index (χ3n) is 0.303. The Bertz CT molecular complexity index is 89.7. The first-order chi connectivity index (χ1) is 3.31. The van der Waals surface area contributed by atoms with Crippen LogP contribution in [0.3, 0.4) is 0 Å². The third-order valence-corrected chi connectivity index (χ3v) is 0.706. The molecule has 0 aliphatic rings. The zero-order valence-electron chi connectivity index (χ0n) is 3.85. The standard InChI is InChI=1S/CH4N2O2.CH2.Mn/c1-5-3(2)4;;/h3H,1H3;1H2;. The summed E-state index contributed by atoms with van der Waals surface area (Å²) in [4.78, 5) is 4.15. The first-order valence-electron chi connectivity index (χ1n) is 1.48. The van der Waals surface area contributed by atoms with Gasteiger partial charge in [-0.15, -0.1) is 0 Å². The third kappa shape index (κ3) is 3.91. The maximum absolute atomic E-state index is 9.99. The Kier molecular flexibility index (Phi) is 4.28. The maximum atomic E-state index is 9.99. The summed E-state index contributed by atoms with van der Waals surface area (Å²) in [5.74, 6) is 0. The summed E-state index contributed by atoms with van der Waals surface area (Å²) in [7, 11) is 1.28. The Labute approximate surface area is 47.1 Å². The van der Waals surface area contributed by atoms with E-state index in [4.69, 9.17) is 0 Å². The van der Waals surface area contributed by atoms with Crippen molar-refractivity contribution in [2.24, 2.45) is 4.07 Å². The molecule has 0 radical (unpaired) electrons. The number of nitrogens with zero attached hydrogens (tertiary/aromatic N) is 1. The van der Waals surface area contributed by atoms with Crippen LogP contribution in [0, 0.1) is 5.21 Å². The zero-order chi connectivity index (χ0) is 5.70. The average Bonchev–Trinajstić information content (AvgIpc) is 1.68. The molecule has 0 amide bonds. The first kappa shape index (κ1) is 7.07. The van der Waals surface area contributed by atoms with Crippen molar-refractivity contribution in [3.8, 4) is 0 Å². The van der Waals surface area contributed by atoms with Crippen molar-refractivity contribution >= 4 is 5.42 Å². The molecule has 0 fully saturated rings. The van der Waals surface area contributed by atoms with E-state index in [1.54, 1.807) is 0 Å². The predicted octanol–water partition coefficient (Wildman–Crippen LogP) is -1.46.